The molecule has 0 atom stereocenters. The van der Waals surface area contributed by atoms with Crippen molar-refractivity contribution in [3.8, 4) is 6.07 Å². The van der Waals surface area contributed by atoms with E-state index >= 15 is 0 Å². The fraction of sp³-hybridized carbons (Fsp3) is 0.0588. The number of carbonyl (C=O) groups excluding carboxylic acids is 1. The molecule has 8 heteroatoms. The van der Waals surface area contributed by atoms with E-state index in [1.54, 1.807) is 36.4 Å². The molecule has 0 fully saturated rings. The van der Waals surface area contributed by atoms with Crippen molar-refractivity contribution in [2.45, 2.75) is 6.54 Å². The molecule has 2 aromatic carbocycles. The number of nitrogens with zero attached hydrogens (tertiary/aromatic N) is 3. The monoisotopic (exact) mass is 353 g/mol. The number of rotatable bonds is 5. The van der Waals surface area contributed by atoms with Crippen LogP contribution < -0.4 is 10.6 Å². The summed E-state index contributed by atoms with van der Waals surface area (Å²) < 4.78 is 12.9. The molecule has 0 saturated carbocycles. The van der Waals surface area contributed by atoms with Gasteiger partial charge in [0.25, 0.3) is 5.91 Å². The van der Waals surface area contributed by atoms with Crippen molar-refractivity contribution in [1.82, 2.24) is 10.2 Å². The molecule has 1 aromatic heterocycles. The molecule has 25 heavy (non-hydrogen) atoms. The number of amides is 1. The quantitative estimate of drug-likeness (QED) is 0.733. The van der Waals surface area contributed by atoms with Gasteiger partial charge < -0.3 is 5.32 Å². The maximum Gasteiger partial charge on any atom is 0.257 e. The van der Waals surface area contributed by atoms with Crippen molar-refractivity contribution < 1.29 is 9.18 Å². The fourth-order valence-corrected chi connectivity index (χ4v) is 2.63. The van der Waals surface area contributed by atoms with Gasteiger partial charge in [-0.05, 0) is 42.0 Å². The zero-order valence-electron chi connectivity index (χ0n) is 12.9. The van der Waals surface area contributed by atoms with Gasteiger partial charge in [-0.25, -0.2) is 4.39 Å². The average molecular weight is 353 g/mol. The summed E-state index contributed by atoms with van der Waals surface area (Å²) >= 11 is 1.19. The minimum Gasteiger partial charge on any atom is -0.356 e. The van der Waals surface area contributed by atoms with Crippen LogP contribution in [-0.4, -0.2) is 16.1 Å². The predicted molar refractivity (Wildman–Crippen MR) is 92.7 cm³/mol. The highest BCUT2D eigenvalue weighted by atomic mass is 32.1. The molecule has 0 bridgehead atoms. The second-order valence-corrected chi connectivity index (χ2v) is 6.01. The zero-order chi connectivity index (χ0) is 17.6. The van der Waals surface area contributed by atoms with Crippen molar-refractivity contribution in [1.29, 1.82) is 5.26 Å². The van der Waals surface area contributed by atoms with E-state index in [2.05, 4.69) is 20.8 Å². The van der Waals surface area contributed by atoms with E-state index in [9.17, 15) is 9.18 Å². The van der Waals surface area contributed by atoms with Gasteiger partial charge >= 0.3 is 0 Å². The Hall–Kier alpha value is -3.31. The van der Waals surface area contributed by atoms with Gasteiger partial charge in [-0.1, -0.05) is 23.5 Å². The Morgan fingerprint density at radius 1 is 1.08 bits per heavy atom. The molecule has 6 nitrogen and oxygen atoms in total. The number of halogens is 1. The lowest BCUT2D eigenvalue weighted by Gasteiger charge is -2.02. The third-order valence-corrected chi connectivity index (χ3v) is 4.08. The minimum absolute atomic E-state index is 0.285. The Bertz CT molecular complexity index is 915. The number of carbonyl (C=O) groups is 1. The van der Waals surface area contributed by atoms with Gasteiger partial charge in [0.2, 0.25) is 10.3 Å². The second-order valence-electron chi connectivity index (χ2n) is 5.04. The molecular formula is C17H12FN5OS. The Kier molecular flexibility index (Phi) is 4.97. The Morgan fingerprint density at radius 2 is 1.76 bits per heavy atom. The second kappa shape index (κ2) is 7.51. The number of aromatic nitrogens is 2. The van der Waals surface area contributed by atoms with Crippen LogP contribution in [0.5, 0.6) is 0 Å². The molecule has 3 aromatic rings. The number of hydrogen-bond acceptors (Lipinski definition) is 6. The lowest BCUT2D eigenvalue weighted by atomic mass is 10.1. The Labute approximate surface area is 147 Å². The van der Waals surface area contributed by atoms with E-state index in [0.717, 1.165) is 5.56 Å². The molecule has 3 rings (SSSR count). The number of nitrogens with one attached hydrogen (secondary N) is 2. The maximum atomic E-state index is 12.9. The van der Waals surface area contributed by atoms with Crippen LogP contribution in [0.4, 0.5) is 14.7 Å². The van der Waals surface area contributed by atoms with Crippen LogP contribution in [-0.2, 0) is 6.54 Å². The van der Waals surface area contributed by atoms with Crippen molar-refractivity contribution in [3.63, 3.8) is 0 Å². The standard InChI is InChI=1S/C17H12FN5OS/c18-14-7-3-12(4-8-14)10-20-16-22-23-17(25-16)21-15(24)13-5-1-11(9-19)2-6-13/h1-8H,10H2,(H,20,22)(H,21,23,24). The van der Waals surface area contributed by atoms with E-state index in [0.29, 0.717) is 27.9 Å². The number of hydrogen-bond donors (Lipinski definition) is 2. The summed E-state index contributed by atoms with van der Waals surface area (Å²) in [6.07, 6.45) is 0. The van der Waals surface area contributed by atoms with Gasteiger partial charge in [-0.2, -0.15) is 5.26 Å². The highest BCUT2D eigenvalue weighted by Gasteiger charge is 2.10. The number of nitriles is 1. The normalized spacial score (nSPS) is 10.1. The SMILES string of the molecule is N#Cc1ccc(C(=O)Nc2nnc(NCc3ccc(F)cc3)s2)cc1. The first-order valence-electron chi connectivity index (χ1n) is 7.27. The third kappa shape index (κ3) is 4.37. The first kappa shape index (κ1) is 16.5. The van der Waals surface area contributed by atoms with Crippen LogP contribution in [0.25, 0.3) is 0 Å². The summed E-state index contributed by atoms with van der Waals surface area (Å²) in [7, 11) is 0. The van der Waals surface area contributed by atoms with E-state index in [1.807, 2.05) is 6.07 Å². The van der Waals surface area contributed by atoms with E-state index in [-0.39, 0.29) is 11.7 Å². The smallest absolute Gasteiger partial charge is 0.257 e. The summed E-state index contributed by atoms with van der Waals surface area (Å²) in [4.78, 5) is 12.1. The van der Waals surface area contributed by atoms with Crippen LogP contribution in [0.1, 0.15) is 21.5 Å². The number of anilines is 2. The Morgan fingerprint density at radius 3 is 2.44 bits per heavy atom. The first-order chi connectivity index (χ1) is 12.1. The van der Waals surface area contributed by atoms with Crippen LogP contribution in [0.15, 0.2) is 48.5 Å². The topological polar surface area (TPSA) is 90.7 Å². The summed E-state index contributed by atoms with van der Waals surface area (Å²) in [6.45, 7) is 0.471. The number of benzene rings is 2. The van der Waals surface area contributed by atoms with Crippen molar-refractivity contribution in [2.75, 3.05) is 10.6 Å². The summed E-state index contributed by atoms with van der Waals surface area (Å²) in [5.41, 5.74) is 1.81. The largest absolute Gasteiger partial charge is 0.356 e. The van der Waals surface area contributed by atoms with Gasteiger partial charge in [0, 0.05) is 12.1 Å². The molecule has 124 valence electrons. The highest BCUT2D eigenvalue weighted by molar-refractivity contribution is 7.19. The van der Waals surface area contributed by atoms with E-state index < -0.39 is 0 Å². The molecule has 0 saturated heterocycles. The van der Waals surface area contributed by atoms with Crippen LogP contribution in [0, 0.1) is 17.1 Å². The molecule has 1 amide bonds. The van der Waals surface area contributed by atoms with Gasteiger partial charge in [-0.3, -0.25) is 10.1 Å². The summed E-state index contributed by atoms with van der Waals surface area (Å²) in [6, 6.07) is 14.4. The van der Waals surface area contributed by atoms with Crippen molar-refractivity contribution >= 4 is 27.5 Å². The van der Waals surface area contributed by atoms with Crippen LogP contribution >= 0.6 is 11.3 Å². The average Bonchev–Trinajstić information content (AvgIpc) is 3.08. The Balaban J connectivity index is 1.58. The molecule has 0 aliphatic rings. The molecular weight excluding hydrogens is 341 g/mol. The molecule has 2 N–H and O–H groups in total. The molecule has 0 aliphatic heterocycles. The lowest BCUT2D eigenvalue weighted by Crippen LogP contribution is -2.11. The molecule has 0 unspecified atom stereocenters. The molecule has 1 heterocycles. The maximum absolute atomic E-state index is 12.9. The minimum atomic E-state index is -0.328. The zero-order valence-corrected chi connectivity index (χ0v) is 13.7. The van der Waals surface area contributed by atoms with Crippen molar-refractivity contribution in [2.24, 2.45) is 0 Å². The van der Waals surface area contributed by atoms with E-state index in [1.165, 1.54) is 23.5 Å². The third-order valence-electron chi connectivity index (χ3n) is 3.28. The van der Waals surface area contributed by atoms with E-state index in [4.69, 9.17) is 5.26 Å². The van der Waals surface area contributed by atoms with Gasteiger partial charge in [0.05, 0.1) is 11.6 Å². The highest BCUT2D eigenvalue weighted by Crippen LogP contribution is 2.21. The van der Waals surface area contributed by atoms with Crippen molar-refractivity contribution in [3.05, 3.63) is 71.0 Å². The van der Waals surface area contributed by atoms with Gasteiger partial charge in [0.1, 0.15) is 5.82 Å². The predicted octanol–water partition coefficient (Wildman–Crippen LogP) is 3.41. The fourth-order valence-electron chi connectivity index (χ4n) is 1.99. The lowest BCUT2D eigenvalue weighted by molar-refractivity contribution is 0.102. The van der Waals surface area contributed by atoms with Crippen LogP contribution in [0.3, 0.4) is 0 Å². The first-order valence-corrected chi connectivity index (χ1v) is 8.09. The van der Waals surface area contributed by atoms with Gasteiger partial charge in [-0.15, -0.1) is 10.2 Å². The van der Waals surface area contributed by atoms with Crippen LogP contribution in [0.2, 0.25) is 0 Å². The van der Waals surface area contributed by atoms with Gasteiger partial charge in [0.15, 0.2) is 0 Å². The molecule has 0 aliphatic carbocycles. The molecule has 0 spiro atoms. The summed E-state index contributed by atoms with van der Waals surface area (Å²) in [5.74, 6) is -0.613. The summed E-state index contributed by atoms with van der Waals surface area (Å²) in [5, 5.41) is 23.2. The molecule has 0 radical (unpaired) electrons.